The van der Waals surface area contributed by atoms with Gasteiger partial charge in [-0.1, -0.05) is 6.92 Å². The van der Waals surface area contributed by atoms with Crippen LogP contribution in [0, 0.1) is 6.92 Å². The highest BCUT2D eigenvalue weighted by Gasteiger charge is 2.06. The van der Waals surface area contributed by atoms with Crippen LogP contribution in [-0.4, -0.2) is 24.4 Å². The Labute approximate surface area is 120 Å². The average Bonchev–Trinajstić information content (AvgIpc) is 2.38. The number of anilines is 2. The van der Waals surface area contributed by atoms with E-state index in [4.69, 9.17) is 0 Å². The van der Waals surface area contributed by atoms with E-state index in [-0.39, 0.29) is 11.8 Å². The first-order valence-electron chi connectivity index (χ1n) is 6.83. The molecule has 0 spiro atoms. The lowest BCUT2D eigenvalue weighted by Crippen LogP contribution is -2.33. The second kappa shape index (κ2) is 7.65. The summed E-state index contributed by atoms with van der Waals surface area (Å²) in [7, 11) is 0. The van der Waals surface area contributed by atoms with Crippen LogP contribution in [0.2, 0.25) is 0 Å². The number of amides is 2. The third-order valence-electron chi connectivity index (χ3n) is 3.04. The summed E-state index contributed by atoms with van der Waals surface area (Å²) < 4.78 is 0. The van der Waals surface area contributed by atoms with Crippen LogP contribution in [0.4, 0.5) is 11.4 Å². The number of carbonyl (C=O) groups is 2. The molecule has 0 bridgehead atoms. The fraction of sp³-hybridized carbons (Fsp3) is 0.467. The zero-order chi connectivity index (χ0) is 15.1. The van der Waals surface area contributed by atoms with E-state index in [1.54, 1.807) is 12.1 Å². The van der Waals surface area contributed by atoms with Crippen molar-refractivity contribution < 1.29 is 9.59 Å². The molecule has 0 aliphatic carbocycles. The Balaban J connectivity index is 2.58. The molecule has 0 aromatic heterocycles. The number of carbonyl (C=O) groups excluding carboxylic acids is 2. The molecule has 0 radical (unpaired) electrons. The SMILES string of the molecule is CCC(C)NCC(=O)Nc1ccc(NC(C)=O)c(C)c1. The zero-order valence-electron chi connectivity index (χ0n) is 12.5. The van der Waals surface area contributed by atoms with E-state index >= 15 is 0 Å². The molecule has 1 atom stereocenters. The molecule has 20 heavy (non-hydrogen) atoms. The van der Waals surface area contributed by atoms with Crippen LogP contribution < -0.4 is 16.0 Å². The van der Waals surface area contributed by atoms with Crippen LogP contribution in [0.5, 0.6) is 0 Å². The van der Waals surface area contributed by atoms with E-state index in [1.807, 2.05) is 19.9 Å². The highest BCUT2D eigenvalue weighted by atomic mass is 16.2. The molecule has 5 heteroatoms. The van der Waals surface area contributed by atoms with Gasteiger partial charge in [-0.15, -0.1) is 0 Å². The maximum absolute atomic E-state index is 11.8. The maximum atomic E-state index is 11.8. The first kappa shape index (κ1) is 16.2. The van der Waals surface area contributed by atoms with Crippen LogP contribution in [-0.2, 0) is 9.59 Å². The predicted molar refractivity (Wildman–Crippen MR) is 81.9 cm³/mol. The summed E-state index contributed by atoms with van der Waals surface area (Å²) in [4.78, 5) is 22.8. The minimum atomic E-state index is -0.109. The van der Waals surface area contributed by atoms with Crippen LogP contribution in [0.25, 0.3) is 0 Å². The van der Waals surface area contributed by atoms with Crippen molar-refractivity contribution in [3.05, 3.63) is 23.8 Å². The smallest absolute Gasteiger partial charge is 0.238 e. The number of rotatable bonds is 6. The number of nitrogens with one attached hydrogen (secondary N) is 3. The lowest BCUT2D eigenvalue weighted by Gasteiger charge is -2.12. The summed E-state index contributed by atoms with van der Waals surface area (Å²) in [6, 6.07) is 5.73. The number of hydrogen-bond donors (Lipinski definition) is 3. The zero-order valence-corrected chi connectivity index (χ0v) is 12.5. The Bertz CT molecular complexity index is 486. The van der Waals surface area contributed by atoms with E-state index in [9.17, 15) is 9.59 Å². The Morgan fingerprint density at radius 1 is 1.25 bits per heavy atom. The molecule has 3 N–H and O–H groups in total. The van der Waals surface area contributed by atoms with Gasteiger partial charge >= 0.3 is 0 Å². The summed E-state index contributed by atoms with van der Waals surface area (Å²) >= 11 is 0. The topological polar surface area (TPSA) is 70.2 Å². The quantitative estimate of drug-likeness (QED) is 0.747. The van der Waals surface area contributed by atoms with Crippen LogP contribution >= 0.6 is 0 Å². The third-order valence-corrected chi connectivity index (χ3v) is 3.04. The second-order valence-electron chi connectivity index (χ2n) is 4.95. The summed E-state index contributed by atoms with van der Waals surface area (Å²) in [6.07, 6.45) is 0.984. The lowest BCUT2D eigenvalue weighted by molar-refractivity contribution is -0.115. The average molecular weight is 277 g/mol. The van der Waals surface area contributed by atoms with E-state index < -0.39 is 0 Å². The van der Waals surface area contributed by atoms with E-state index in [0.29, 0.717) is 12.6 Å². The highest BCUT2D eigenvalue weighted by molar-refractivity contribution is 5.93. The molecule has 0 fully saturated rings. The van der Waals surface area contributed by atoms with E-state index in [1.165, 1.54) is 6.92 Å². The van der Waals surface area contributed by atoms with Gasteiger partial charge in [0, 0.05) is 24.3 Å². The van der Waals surface area contributed by atoms with Crippen molar-refractivity contribution in [2.75, 3.05) is 17.2 Å². The molecule has 110 valence electrons. The summed E-state index contributed by atoms with van der Waals surface area (Å²) in [5.41, 5.74) is 2.40. The van der Waals surface area contributed by atoms with Crippen molar-refractivity contribution >= 4 is 23.2 Å². The van der Waals surface area contributed by atoms with Gasteiger partial charge in [0.15, 0.2) is 0 Å². The minimum absolute atomic E-state index is 0.0722. The highest BCUT2D eigenvalue weighted by Crippen LogP contribution is 2.19. The van der Waals surface area contributed by atoms with Crippen molar-refractivity contribution in [2.45, 2.75) is 40.2 Å². The summed E-state index contributed by atoms with van der Waals surface area (Å²) in [5.74, 6) is -0.181. The van der Waals surface area contributed by atoms with Gasteiger partial charge in [0.2, 0.25) is 11.8 Å². The molecule has 1 aromatic carbocycles. The standard InChI is InChI=1S/C15H23N3O2/c1-5-11(3)16-9-15(20)18-13-6-7-14(10(2)8-13)17-12(4)19/h6-8,11,16H,5,9H2,1-4H3,(H,17,19)(H,18,20). The molecule has 2 amide bonds. The molecule has 1 rings (SSSR count). The number of hydrogen-bond acceptors (Lipinski definition) is 3. The van der Waals surface area contributed by atoms with Crippen molar-refractivity contribution in [1.29, 1.82) is 0 Å². The first-order valence-corrected chi connectivity index (χ1v) is 6.83. The van der Waals surface area contributed by atoms with Crippen LogP contribution in [0.15, 0.2) is 18.2 Å². The Kier molecular flexibility index (Phi) is 6.18. The number of aryl methyl sites for hydroxylation is 1. The first-order chi connectivity index (χ1) is 9.42. The lowest BCUT2D eigenvalue weighted by atomic mass is 10.1. The number of benzene rings is 1. The van der Waals surface area contributed by atoms with Crippen LogP contribution in [0.3, 0.4) is 0 Å². The third kappa shape index (κ3) is 5.40. The molecule has 0 saturated carbocycles. The molecule has 0 saturated heterocycles. The second-order valence-corrected chi connectivity index (χ2v) is 4.95. The van der Waals surface area contributed by atoms with Crippen molar-refractivity contribution in [3.63, 3.8) is 0 Å². The maximum Gasteiger partial charge on any atom is 0.238 e. The molecule has 0 heterocycles. The summed E-state index contributed by atoms with van der Waals surface area (Å²) in [5, 5.41) is 8.70. The largest absolute Gasteiger partial charge is 0.326 e. The minimum Gasteiger partial charge on any atom is -0.326 e. The van der Waals surface area contributed by atoms with Gasteiger partial charge < -0.3 is 16.0 Å². The van der Waals surface area contributed by atoms with Gasteiger partial charge in [0.1, 0.15) is 0 Å². The van der Waals surface area contributed by atoms with E-state index in [0.717, 1.165) is 23.4 Å². The fourth-order valence-corrected chi connectivity index (χ4v) is 1.69. The normalized spacial score (nSPS) is 11.8. The van der Waals surface area contributed by atoms with Gasteiger partial charge in [0.05, 0.1) is 6.54 Å². The predicted octanol–water partition coefficient (Wildman–Crippen LogP) is 2.28. The molecular weight excluding hydrogens is 254 g/mol. The fourth-order valence-electron chi connectivity index (χ4n) is 1.69. The van der Waals surface area contributed by atoms with Gasteiger partial charge in [-0.25, -0.2) is 0 Å². The van der Waals surface area contributed by atoms with Gasteiger partial charge in [0.25, 0.3) is 0 Å². The van der Waals surface area contributed by atoms with Gasteiger partial charge in [-0.3, -0.25) is 9.59 Å². The van der Waals surface area contributed by atoms with Crippen LogP contribution in [0.1, 0.15) is 32.8 Å². The van der Waals surface area contributed by atoms with Crippen molar-refractivity contribution in [1.82, 2.24) is 5.32 Å². The van der Waals surface area contributed by atoms with Gasteiger partial charge in [-0.05, 0) is 44.0 Å². The Hall–Kier alpha value is -1.88. The monoisotopic (exact) mass is 277 g/mol. The summed E-state index contributed by atoms with van der Waals surface area (Å²) in [6.45, 7) is 7.76. The molecule has 1 unspecified atom stereocenters. The molecule has 1 aromatic rings. The molecular formula is C15H23N3O2. The van der Waals surface area contributed by atoms with Crippen molar-refractivity contribution in [3.8, 4) is 0 Å². The van der Waals surface area contributed by atoms with E-state index in [2.05, 4.69) is 22.9 Å². The molecule has 5 nitrogen and oxygen atoms in total. The van der Waals surface area contributed by atoms with Gasteiger partial charge in [-0.2, -0.15) is 0 Å². The van der Waals surface area contributed by atoms with Crippen molar-refractivity contribution in [2.24, 2.45) is 0 Å². The molecule has 0 aliphatic rings. The Morgan fingerprint density at radius 2 is 1.95 bits per heavy atom. The molecule has 0 aliphatic heterocycles. The Morgan fingerprint density at radius 3 is 2.50 bits per heavy atom.